The Morgan fingerprint density at radius 1 is 1.09 bits per heavy atom. The third-order valence-corrected chi connectivity index (χ3v) is 6.09. The molecule has 2 atom stereocenters. The SMILES string of the molecule is COc1ccc(-c2noc(CN3N=NC4C(=O)N(c5ccc(C)c(Cl)c5)C(=O)C43)n2)c(OC)c1. The molecule has 0 bridgehead atoms. The molecule has 2 aliphatic rings. The number of imide groups is 1. The summed E-state index contributed by atoms with van der Waals surface area (Å²) in [6, 6.07) is 8.37. The van der Waals surface area contributed by atoms with Crippen LogP contribution in [-0.2, 0) is 16.1 Å². The highest BCUT2D eigenvalue weighted by Gasteiger charge is 2.55. The van der Waals surface area contributed by atoms with E-state index in [0.717, 1.165) is 10.5 Å². The Morgan fingerprint density at radius 2 is 1.91 bits per heavy atom. The van der Waals surface area contributed by atoms with Gasteiger partial charge in [-0.25, -0.2) is 4.90 Å². The molecule has 3 heterocycles. The minimum Gasteiger partial charge on any atom is -0.497 e. The van der Waals surface area contributed by atoms with E-state index in [2.05, 4.69) is 20.5 Å². The van der Waals surface area contributed by atoms with Gasteiger partial charge in [-0.2, -0.15) is 10.1 Å². The van der Waals surface area contributed by atoms with Crippen LogP contribution in [-0.4, -0.2) is 53.3 Å². The van der Waals surface area contributed by atoms with E-state index < -0.39 is 23.9 Å². The minimum absolute atomic E-state index is 0.00233. The predicted octanol–water partition coefficient (Wildman–Crippen LogP) is 3.21. The summed E-state index contributed by atoms with van der Waals surface area (Å²) >= 11 is 6.19. The van der Waals surface area contributed by atoms with Gasteiger partial charge in [-0.15, -0.1) is 0 Å². The number of halogens is 1. The van der Waals surface area contributed by atoms with Crippen molar-refractivity contribution in [3.8, 4) is 22.9 Å². The smallest absolute Gasteiger partial charge is 0.263 e. The third-order valence-electron chi connectivity index (χ3n) is 5.69. The molecule has 12 heteroatoms. The number of amides is 2. The van der Waals surface area contributed by atoms with Gasteiger partial charge in [-0.1, -0.05) is 28.0 Å². The molecule has 1 saturated heterocycles. The van der Waals surface area contributed by atoms with Crippen LogP contribution in [0.5, 0.6) is 11.5 Å². The second kappa shape index (κ2) is 8.41. The number of ether oxygens (including phenoxy) is 2. The molecule has 2 aliphatic heterocycles. The molecule has 2 unspecified atom stereocenters. The van der Waals surface area contributed by atoms with Gasteiger partial charge >= 0.3 is 0 Å². The molecule has 1 fully saturated rings. The second-order valence-electron chi connectivity index (χ2n) is 7.72. The van der Waals surface area contributed by atoms with Crippen molar-refractivity contribution in [2.24, 2.45) is 10.3 Å². The lowest BCUT2D eigenvalue weighted by molar-refractivity contribution is -0.123. The van der Waals surface area contributed by atoms with Crippen LogP contribution in [0.3, 0.4) is 0 Å². The van der Waals surface area contributed by atoms with Crippen molar-refractivity contribution in [1.82, 2.24) is 15.1 Å². The molecule has 0 saturated carbocycles. The summed E-state index contributed by atoms with van der Waals surface area (Å²) in [4.78, 5) is 31.6. The van der Waals surface area contributed by atoms with Crippen LogP contribution in [0.25, 0.3) is 11.4 Å². The van der Waals surface area contributed by atoms with Gasteiger partial charge in [0.25, 0.3) is 11.8 Å². The molecule has 174 valence electrons. The lowest BCUT2D eigenvalue weighted by Crippen LogP contribution is -2.39. The predicted molar refractivity (Wildman–Crippen MR) is 119 cm³/mol. The maximum Gasteiger partial charge on any atom is 0.263 e. The van der Waals surface area contributed by atoms with E-state index in [-0.39, 0.29) is 12.4 Å². The highest BCUT2D eigenvalue weighted by Crippen LogP contribution is 2.35. The number of fused-ring (bicyclic) bond motifs is 1. The molecule has 1 aromatic heterocycles. The second-order valence-corrected chi connectivity index (χ2v) is 8.12. The first kappa shape index (κ1) is 21.8. The Hall–Kier alpha value is -3.99. The normalized spacial score (nSPS) is 19.2. The first-order chi connectivity index (χ1) is 16.4. The topological polar surface area (TPSA) is 123 Å². The van der Waals surface area contributed by atoms with Crippen LogP contribution in [0.4, 0.5) is 5.69 Å². The number of aromatic nitrogens is 2. The van der Waals surface area contributed by atoms with E-state index in [0.29, 0.717) is 33.6 Å². The van der Waals surface area contributed by atoms with E-state index in [1.807, 2.05) is 6.92 Å². The maximum absolute atomic E-state index is 13.2. The summed E-state index contributed by atoms with van der Waals surface area (Å²) in [7, 11) is 3.09. The number of aryl methyl sites for hydroxylation is 1. The number of rotatable bonds is 6. The molecule has 0 radical (unpaired) electrons. The molecule has 2 amide bonds. The minimum atomic E-state index is -0.948. The first-order valence-corrected chi connectivity index (χ1v) is 10.7. The quantitative estimate of drug-likeness (QED) is 0.491. The fraction of sp³-hybridized carbons (Fsp3) is 0.273. The van der Waals surface area contributed by atoms with Crippen LogP contribution in [0.1, 0.15) is 11.5 Å². The highest BCUT2D eigenvalue weighted by molar-refractivity contribution is 6.32. The van der Waals surface area contributed by atoms with E-state index in [4.69, 9.17) is 25.6 Å². The molecular weight excluding hydrogens is 464 g/mol. The van der Waals surface area contributed by atoms with E-state index >= 15 is 0 Å². The zero-order valence-corrected chi connectivity index (χ0v) is 19.2. The van der Waals surface area contributed by atoms with Crippen LogP contribution >= 0.6 is 11.6 Å². The van der Waals surface area contributed by atoms with Crippen molar-refractivity contribution in [1.29, 1.82) is 0 Å². The van der Waals surface area contributed by atoms with E-state index in [1.54, 1.807) is 43.5 Å². The number of carbonyl (C=O) groups is 2. The number of anilines is 1. The van der Waals surface area contributed by atoms with Crippen LogP contribution < -0.4 is 14.4 Å². The van der Waals surface area contributed by atoms with Crippen molar-refractivity contribution < 1.29 is 23.6 Å². The number of hydrogen-bond acceptors (Lipinski definition) is 10. The fourth-order valence-corrected chi connectivity index (χ4v) is 4.05. The largest absolute Gasteiger partial charge is 0.497 e. The monoisotopic (exact) mass is 482 g/mol. The van der Waals surface area contributed by atoms with Crippen molar-refractivity contribution in [3.05, 3.63) is 52.9 Å². The Kier molecular flexibility index (Phi) is 5.40. The van der Waals surface area contributed by atoms with Crippen LogP contribution in [0.15, 0.2) is 51.3 Å². The lowest BCUT2D eigenvalue weighted by Gasteiger charge is -2.19. The molecular formula is C22H19ClN6O5. The van der Waals surface area contributed by atoms with Gasteiger partial charge in [0, 0.05) is 11.1 Å². The third kappa shape index (κ3) is 3.54. The Labute approximate surface area is 198 Å². The van der Waals surface area contributed by atoms with Crippen LogP contribution in [0.2, 0.25) is 5.02 Å². The average Bonchev–Trinajstić information content (AvgIpc) is 3.53. The van der Waals surface area contributed by atoms with Gasteiger partial charge in [-0.05, 0) is 36.8 Å². The van der Waals surface area contributed by atoms with Crippen LogP contribution in [0, 0.1) is 6.92 Å². The first-order valence-electron chi connectivity index (χ1n) is 10.3. The zero-order valence-electron chi connectivity index (χ0n) is 18.4. The summed E-state index contributed by atoms with van der Waals surface area (Å²) in [5.74, 6) is 0.719. The summed E-state index contributed by atoms with van der Waals surface area (Å²) in [5.41, 5.74) is 1.84. The van der Waals surface area contributed by atoms with Gasteiger partial charge in [0.2, 0.25) is 11.7 Å². The van der Waals surface area contributed by atoms with E-state index in [1.165, 1.54) is 12.1 Å². The molecule has 0 aliphatic carbocycles. The number of methoxy groups -OCH3 is 2. The lowest BCUT2D eigenvalue weighted by atomic mass is 10.1. The summed E-state index contributed by atoms with van der Waals surface area (Å²) in [6.45, 7) is 1.84. The van der Waals surface area contributed by atoms with E-state index in [9.17, 15) is 9.59 Å². The van der Waals surface area contributed by atoms with Crippen molar-refractivity contribution in [2.45, 2.75) is 25.6 Å². The van der Waals surface area contributed by atoms with Crippen molar-refractivity contribution >= 4 is 29.1 Å². The van der Waals surface area contributed by atoms with Crippen molar-refractivity contribution in [2.75, 3.05) is 19.1 Å². The number of nitrogens with zero attached hydrogens (tertiary/aromatic N) is 6. The van der Waals surface area contributed by atoms with Gasteiger partial charge in [0.15, 0.2) is 12.1 Å². The number of hydrogen-bond donors (Lipinski definition) is 0. The van der Waals surface area contributed by atoms with Gasteiger partial charge in [-0.3, -0.25) is 14.6 Å². The summed E-state index contributed by atoms with van der Waals surface area (Å²) in [5, 5.41) is 13.9. The standard InChI is InChI=1S/C22H19ClN6O5/c1-11-4-5-12(8-15(11)23)29-21(30)18-19(22(29)31)28(27-25-18)10-17-24-20(26-34-17)14-7-6-13(32-2)9-16(14)33-3/h4-9,18-19H,10H2,1-3H3. The molecule has 2 aromatic carbocycles. The molecule has 11 nitrogen and oxygen atoms in total. The fourth-order valence-electron chi connectivity index (χ4n) is 3.88. The van der Waals surface area contributed by atoms with Gasteiger partial charge in [0.1, 0.15) is 18.0 Å². The Balaban J connectivity index is 1.37. The Morgan fingerprint density at radius 3 is 2.65 bits per heavy atom. The number of benzene rings is 2. The van der Waals surface area contributed by atoms with Crippen molar-refractivity contribution in [3.63, 3.8) is 0 Å². The molecule has 0 spiro atoms. The molecule has 34 heavy (non-hydrogen) atoms. The summed E-state index contributed by atoms with van der Waals surface area (Å²) < 4.78 is 16.0. The molecule has 0 N–H and O–H groups in total. The van der Waals surface area contributed by atoms with Gasteiger partial charge < -0.3 is 14.0 Å². The highest BCUT2D eigenvalue weighted by atomic mass is 35.5. The average molecular weight is 483 g/mol. The zero-order chi connectivity index (χ0) is 24.0. The molecule has 5 rings (SSSR count). The summed E-state index contributed by atoms with van der Waals surface area (Å²) in [6.07, 6.45) is 0. The Bertz CT molecular complexity index is 1320. The van der Waals surface area contributed by atoms with Gasteiger partial charge in [0.05, 0.1) is 25.5 Å². The number of carbonyl (C=O) groups excluding carboxylic acids is 2. The molecule has 3 aromatic rings. The maximum atomic E-state index is 13.2.